The van der Waals surface area contributed by atoms with Crippen LogP contribution in [-0.2, 0) is 0 Å². The second kappa shape index (κ2) is 4.98. The Morgan fingerprint density at radius 2 is 2.32 bits per heavy atom. The molecule has 1 aliphatic rings. The number of H-pyrrole nitrogens is 1. The lowest BCUT2D eigenvalue weighted by Gasteiger charge is -2.16. The summed E-state index contributed by atoms with van der Waals surface area (Å²) in [6.07, 6.45) is 6.55. The van der Waals surface area contributed by atoms with Crippen molar-refractivity contribution in [1.29, 1.82) is 0 Å². The molecule has 0 aliphatic carbocycles. The van der Waals surface area contributed by atoms with Gasteiger partial charge in [0, 0.05) is 60.8 Å². The van der Waals surface area contributed by atoms with Crippen LogP contribution in [0, 0.1) is 0 Å². The lowest BCUT2D eigenvalue weighted by Crippen LogP contribution is -2.36. The molecular formula is C16H17N5O. The fourth-order valence-electron chi connectivity index (χ4n) is 3.33. The van der Waals surface area contributed by atoms with Crippen LogP contribution < -0.4 is 5.32 Å². The van der Waals surface area contributed by atoms with Crippen LogP contribution in [-0.4, -0.2) is 46.0 Å². The van der Waals surface area contributed by atoms with Gasteiger partial charge in [-0.05, 0) is 18.6 Å². The number of pyridine rings is 2. The van der Waals surface area contributed by atoms with Gasteiger partial charge in [0.2, 0.25) is 0 Å². The number of fused-ring (bicyclic) bond motifs is 3. The molecule has 4 rings (SSSR count). The molecule has 22 heavy (non-hydrogen) atoms. The third-order valence-corrected chi connectivity index (χ3v) is 4.42. The molecule has 6 heteroatoms. The highest BCUT2D eigenvalue weighted by Gasteiger charge is 2.29. The minimum absolute atomic E-state index is 0.0174. The Balaban J connectivity index is 1.82. The number of rotatable bonds is 1. The molecule has 6 nitrogen and oxygen atoms in total. The number of nitrogens with one attached hydrogen (secondary N) is 2. The van der Waals surface area contributed by atoms with Gasteiger partial charge in [-0.2, -0.15) is 0 Å². The molecule has 1 atom stereocenters. The van der Waals surface area contributed by atoms with Crippen LogP contribution in [0.4, 0.5) is 4.79 Å². The molecule has 0 bridgehead atoms. The number of aromatic nitrogens is 3. The van der Waals surface area contributed by atoms with Crippen molar-refractivity contribution in [3.8, 4) is 0 Å². The fourth-order valence-corrected chi connectivity index (χ4v) is 3.33. The van der Waals surface area contributed by atoms with Gasteiger partial charge in [0.15, 0.2) is 0 Å². The first-order chi connectivity index (χ1) is 10.8. The second-order valence-electron chi connectivity index (χ2n) is 5.65. The van der Waals surface area contributed by atoms with Gasteiger partial charge in [-0.15, -0.1) is 0 Å². The van der Waals surface area contributed by atoms with Crippen molar-refractivity contribution in [2.24, 2.45) is 0 Å². The number of nitrogens with zero attached hydrogens (tertiary/aromatic N) is 3. The quantitative estimate of drug-likeness (QED) is 0.723. The number of hydrogen-bond donors (Lipinski definition) is 2. The minimum atomic E-state index is -0.0174. The van der Waals surface area contributed by atoms with E-state index >= 15 is 0 Å². The van der Waals surface area contributed by atoms with E-state index in [0.29, 0.717) is 6.54 Å². The molecular weight excluding hydrogens is 278 g/mol. The predicted molar refractivity (Wildman–Crippen MR) is 84.8 cm³/mol. The standard InChI is InChI=1S/C16H17N5O/c1-17-16(22)21-7-4-11(9-21)14-13-10(2-5-18-14)8-20-15-12(13)3-6-19-15/h2-3,5-6,8,11H,4,7,9H2,1H3,(H,17,22)(H,19,20). The number of hydrogen-bond acceptors (Lipinski definition) is 3. The van der Waals surface area contributed by atoms with E-state index in [-0.39, 0.29) is 11.9 Å². The number of likely N-dealkylation sites (tertiary alicyclic amines) is 1. The summed E-state index contributed by atoms with van der Waals surface area (Å²) < 4.78 is 0. The molecule has 1 fully saturated rings. The molecule has 1 saturated heterocycles. The third kappa shape index (κ3) is 1.91. The Kier molecular flexibility index (Phi) is 2.96. The summed E-state index contributed by atoms with van der Waals surface area (Å²) in [6, 6.07) is 4.02. The maximum Gasteiger partial charge on any atom is 0.317 e. The zero-order chi connectivity index (χ0) is 15.1. The van der Waals surface area contributed by atoms with E-state index in [1.807, 2.05) is 35.6 Å². The van der Waals surface area contributed by atoms with Gasteiger partial charge in [0.1, 0.15) is 5.65 Å². The van der Waals surface area contributed by atoms with Crippen molar-refractivity contribution in [2.75, 3.05) is 20.1 Å². The van der Waals surface area contributed by atoms with E-state index < -0.39 is 0 Å². The first kappa shape index (κ1) is 13.1. The van der Waals surface area contributed by atoms with Crippen LogP contribution in [0.1, 0.15) is 18.0 Å². The highest BCUT2D eigenvalue weighted by molar-refractivity contribution is 6.05. The Morgan fingerprint density at radius 3 is 3.18 bits per heavy atom. The molecule has 0 radical (unpaired) electrons. The van der Waals surface area contributed by atoms with E-state index in [1.165, 1.54) is 0 Å². The number of amides is 2. The van der Waals surface area contributed by atoms with Crippen LogP contribution in [0.15, 0.2) is 30.7 Å². The van der Waals surface area contributed by atoms with Crippen LogP contribution in [0.3, 0.4) is 0 Å². The molecule has 3 aromatic heterocycles. The van der Waals surface area contributed by atoms with Gasteiger partial charge in [-0.3, -0.25) is 4.98 Å². The Morgan fingerprint density at radius 1 is 1.41 bits per heavy atom. The zero-order valence-corrected chi connectivity index (χ0v) is 12.3. The van der Waals surface area contributed by atoms with Crippen LogP contribution in [0.5, 0.6) is 0 Å². The van der Waals surface area contributed by atoms with E-state index in [1.54, 1.807) is 7.05 Å². The average Bonchev–Trinajstić information content (AvgIpc) is 3.22. The van der Waals surface area contributed by atoms with Gasteiger partial charge < -0.3 is 15.2 Å². The van der Waals surface area contributed by atoms with Gasteiger partial charge in [-0.1, -0.05) is 0 Å². The van der Waals surface area contributed by atoms with Crippen LogP contribution in [0.2, 0.25) is 0 Å². The summed E-state index contributed by atoms with van der Waals surface area (Å²) in [5, 5.41) is 6.03. The summed E-state index contributed by atoms with van der Waals surface area (Å²) in [5.74, 6) is 0.265. The first-order valence-electron chi connectivity index (χ1n) is 7.45. The first-order valence-corrected chi connectivity index (χ1v) is 7.45. The van der Waals surface area contributed by atoms with Gasteiger partial charge in [0.05, 0.1) is 5.69 Å². The molecule has 0 spiro atoms. The van der Waals surface area contributed by atoms with E-state index in [0.717, 1.165) is 40.5 Å². The lowest BCUT2D eigenvalue weighted by molar-refractivity contribution is 0.210. The summed E-state index contributed by atoms with van der Waals surface area (Å²) in [4.78, 5) is 25.9. The highest BCUT2D eigenvalue weighted by atomic mass is 16.2. The van der Waals surface area contributed by atoms with Crippen LogP contribution in [0.25, 0.3) is 21.8 Å². The molecule has 1 unspecified atom stereocenters. The van der Waals surface area contributed by atoms with E-state index in [4.69, 9.17) is 0 Å². The highest BCUT2D eigenvalue weighted by Crippen LogP contribution is 2.33. The molecule has 2 amide bonds. The van der Waals surface area contributed by atoms with Crippen molar-refractivity contribution in [2.45, 2.75) is 12.3 Å². The summed E-state index contributed by atoms with van der Waals surface area (Å²) >= 11 is 0. The van der Waals surface area contributed by atoms with E-state index in [9.17, 15) is 4.79 Å². The molecule has 112 valence electrons. The fraction of sp³-hybridized carbons (Fsp3) is 0.312. The van der Waals surface area contributed by atoms with E-state index in [2.05, 4.69) is 20.3 Å². The predicted octanol–water partition coefficient (Wildman–Crippen LogP) is 2.24. The Hall–Kier alpha value is -2.63. The largest absolute Gasteiger partial charge is 0.346 e. The minimum Gasteiger partial charge on any atom is -0.346 e. The zero-order valence-electron chi connectivity index (χ0n) is 12.3. The molecule has 0 aromatic carbocycles. The Labute approximate surface area is 127 Å². The van der Waals surface area contributed by atoms with Gasteiger partial charge in [0.25, 0.3) is 0 Å². The van der Waals surface area contributed by atoms with Gasteiger partial charge >= 0.3 is 6.03 Å². The van der Waals surface area contributed by atoms with Crippen molar-refractivity contribution >= 4 is 27.8 Å². The normalized spacial score (nSPS) is 18.2. The topological polar surface area (TPSA) is 73.9 Å². The molecule has 0 saturated carbocycles. The summed E-state index contributed by atoms with van der Waals surface area (Å²) in [6.45, 7) is 1.48. The monoisotopic (exact) mass is 295 g/mol. The smallest absolute Gasteiger partial charge is 0.317 e. The average molecular weight is 295 g/mol. The summed E-state index contributed by atoms with van der Waals surface area (Å²) in [7, 11) is 1.67. The number of carbonyl (C=O) groups excluding carboxylic acids is 1. The Bertz CT molecular complexity index is 856. The van der Waals surface area contributed by atoms with Crippen LogP contribution >= 0.6 is 0 Å². The molecule has 2 N–H and O–H groups in total. The third-order valence-electron chi connectivity index (χ3n) is 4.42. The van der Waals surface area contributed by atoms with Crippen molar-refractivity contribution < 1.29 is 4.79 Å². The second-order valence-corrected chi connectivity index (χ2v) is 5.65. The number of urea groups is 1. The molecule has 4 heterocycles. The molecule has 3 aromatic rings. The number of carbonyl (C=O) groups is 1. The van der Waals surface area contributed by atoms with Crippen molar-refractivity contribution in [1.82, 2.24) is 25.2 Å². The maximum absolute atomic E-state index is 11.8. The summed E-state index contributed by atoms with van der Waals surface area (Å²) in [5.41, 5.74) is 1.94. The lowest BCUT2D eigenvalue weighted by atomic mass is 9.97. The van der Waals surface area contributed by atoms with Crippen molar-refractivity contribution in [3.05, 3.63) is 36.4 Å². The van der Waals surface area contributed by atoms with Gasteiger partial charge in [-0.25, -0.2) is 9.78 Å². The number of aromatic amines is 1. The molecule has 1 aliphatic heterocycles. The SMILES string of the molecule is CNC(=O)N1CCC(c2nccc3cnc4[nH]ccc4c23)C1. The maximum atomic E-state index is 11.8. The van der Waals surface area contributed by atoms with Crippen molar-refractivity contribution in [3.63, 3.8) is 0 Å².